The van der Waals surface area contributed by atoms with Crippen molar-refractivity contribution in [3.05, 3.63) is 132 Å². The summed E-state index contributed by atoms with van der Waals surface area (Å²) in [5.41, 5.74) is 7.71. The molecule has 5 aromatic heterocycles. The normalized spacial score (nSPS) is 11.2. The van der Waals surface area contributed by atoms with E-state index in [9.17, 15) is 0 Å². The Kier molecular flexibility index (Phi) is 6.86. The molecule has 194 valence electrons. The van der Waals surface area contributed by atoms with Crippen molar-refractivity contribution in [2.24, 2.45) is 0 Å². The van der Waals surface area contributed by atoms with Crippen LogP contribution in [-0.4, -0.2) is 0 Å². The molecule has 40 heavy (non-hydrogen) atoms. The molecule has 7 aromatic rings. The lowest BCUT2D eigenvalue weighted by Crippen LogP contribution is -1.77. The van der Waals surface area contributed by atoms with Crippen molar-refractivity contribution in [1.82, 2.24) is 0 Å². The Morgan fingerprint density at radius 2 is 0.550 bits per heavy atom. The molecule has 0 nitrogen and oxygen atoms in total. The van der Waals surface area contributed by atoms with Gasteiger partial charge in [-0.25, -0.2) is 0 Å². The third-order valence-corrected chi connectivity index (χ3v) is 11.3. The Morgan fingerprint density at radius 1 is 0.300 bits per heavy atom. The van der Waals surface area contributed by atoms with Crippen molar-refractivity contribution in [3.8, 4) is 22.3 Å². The van der Waals surface area contributed by atoms with Gasteiger partial charge in [-0.2, -0.15) is 0 Å². The summed E-state index contributed by atoms with van der Waals surface area (Å²) in [5, 5.41) is 0. The van der Waals surface area contributed by atoms with Crippen LogP contribution < -0.4 is 0 Å². The maximum atomic E-state index is 2.28. The second-order valence-corrected chi connectivity index (χ2v) is 14.4. The summed E-state index contributed by atoms with van der Waals surface area (Å²) >= 11 is 7.43. The fourth-order valence-electron chi connectivity index (χ4n) is 4.89. The highest BCUT2D eigenvalue weighted by molar-refractivity contribution is 7.27. The first-order valence-electron chi connectivity index (χ1n) is 13.2. The van der Waals surface area contributed by atoms with Crippen LogP contribution in [0.25, 0.3) is 59.9 Å². The number of thiophene rings is 4. The second-order valence-electron chi connectivity index (χ2n) is 9.96. The van der Waals surface area contributed by atoms with E-state index in [1.165, 1.54) is 71.0 Å². The van der Waals surface area contributed by atoms with Gasteiger partial charge in [0.1, 0.15) is 0 Å². The number of aryl methyl sites for hydroxylation is 2. The van der Waals surface area contributed by atoms with Crippen molar-refractivity contribution >= 4 is 82.9 Å². The van der Waals surface area contributed by atoms with Gasteiger partial charge in [-0.3, -0.25) is 0 Å². The monoisotopic (exact) mass is 586 g/mol. The molecule has 0 unspecified atom stereocenters. The van der Waals surface area contributed by atoms with Gasteiger partial charge >= 0.3 is 0 Å². The van der Waals surface area contributed by atoms with Gasteiger partial charge < -0.3 is 0 Å². The predicted molar refractivity (Wildman–Crippen MR) is 184 cm³/mol. The van der Waals surface area contributed by atoms with E-state index < -0.39 is 0 Å². The highest BCUT2D eigenvalue weighted by Gasteiger charge is 2.08. The quantitative estimate of drug-likeness (QED) is 0.189. The summed E-state index contributed by atoms with van der Waals surface area (Å²) in [6, 6.07) is 45.0. The van der Waals surface area contributed by atoms with E-state index >= 15 is 0 Å². The van der Waals surface area contributed by atoms with E-state index in [1.54, 1.807) is 0 Å². The average Bonchev–Trinajstić information content (AvgIpc) is 3.77. The minimum atomic E-state index is 1.26. The van der Waals surface area contributed by atoms with Gasteiger partial charge in [0.2, 0.25) is 0 Å². The summed E-state index contributed by atoms with van der Waals surface area (Å²) in [7, 11) is 0. The first-order chi connectivity index (χ1) is 19.6. The number of rotatable bonds is 2. The zero-order valence-electron chi connectivity index (χ0n) is 22.2. The van der Waals surface area contributed by atoms with Crippen LogP contribution in [0.2, 0.25) is 0 Å². The fraction of sp³-hybridized carbons (Fsp3) is 0.0556. The van der Waals surface area contributed by atoms with Gasteiger partial charge in [0, 0.05) is 48.7 Å². The summed E-state index contributed by atoms with van der Waals surface area (Å²) < 4.78 is 10.2. The van der Waals surface area contributed by atoms with Crippen molar-refractivity contribution in [2.75, 3.05) is 0 Å². The smallest absolute Gasteiger partial charge is 0.0369 e. The van der Waals surface area contributed by atoms with Crippen LogP contribution in [0.5, 0.6) is 0 Å². The van der Waals surface area contributed by atoms with E-state index in [0.29, 0.717) is 0 Å². The zero-order valence-corrected chi connectivity index (χ0v) is 25.4. The molecule has 0 atom stereocenters. The summed E-state index contributed by atoms with van der Waals surface area (Å²) in [6.07, 6.45) is 0. The van der Waals surface area contributed by atoms with E-state index in [4.69, 9.17) is 0 Å². The standard InChI is InChI=1S/C36H26S4/c1-23-3-7-25(8-4-23)35-31-19-15-27(37-31)11-13-29-17-21-33(39-29)36(26-9-5-24(2)6-10-26)34-22-18-30(40-34)14-12-28-16-20-32(35)38-28/h3-22H,1-2H3. The molecule has 0 amide bonds. The highest BCUT2D eigenvalue weighted by atomic mass is 32.1. The van der Waals surface area contributed by atoms with E-state index in [1.807, 2.05) is 45.3 Å². The maximum absolute atomic E-state index is 2.28. The summed E-state index contributed by atoms with van der Waals surface area (Å²) in [5.74, 6) is 0. The molecule has 5 heterocycles. The third-order valence-electron chi connectivity index (χ3n) is 7.00. The van der Waals surface area contributed by atoms with Crippen LogP contribution in [0.15, 0.2) is 121 Å². The van der Waals surface area contributed by atoms with Crippen molar-refractivity contribution < 1.29 is 0 Å². The topological polar surface area (TPSA) is 0 Å². The lowest BCUT2D eigenvalue weighted by Gasteiger charge is -2.02. The third kappa shape index (κ3) is 5.16. The minimum absolute atomic E-state index is 1.26. The van der Waals surface area contributed by atoms with Gasteiger partial charge in [0.25, 0.3) is 0 Å². The molecular formula is C36H26S4. The van der Waals surface area contributed by atoms with E-state index in [-0.39, 0.29) is 0 Å². The first-order valence-corrected chi connectivity index (χ1v) is 16.5. The SMILES string of the molecule is Cc1ccc(-c2c3ccc(ccc4ccc(s4)c(-c4ccc(C)cc4)c4ccc(ccc5ccc2s5)s4)s3)cc1. The van der Waals surface area contributed by atoms with Gasteiger partial charge in [-0.1, -0.05) is 59.7 Å². The number of hydrogen-bond acceptors (Lipinski definition) is 4. The zero-order chi connectivity index (χ0) is 27.1. The molecule has 0 spiro atoms. The molecule has 8 bridgehead atoms. The average molecular weight is 587 g/mol. The Balaban J connectivity index is 1.53. The summed E-state index contributed by atoms with van der Waals surface area (Å²) in [4.78, 5) is 0. The Morgan fingerprint density at radius 3 is 0.825 bits per heavy atom. The Labute approximate surface area is 250 Å². The predicted octanol–water partition coefficient (Wildman–Crippen LogP) is 12.7. The van der Waals surface area contributed by atoms with Crippen LogP contribution in [0.4, 0.5) is 0 Å². The van der Waals surface area contributed by atoms with Crippen molar-refractivity contribution in [1.29, 1.82) is 0 Å². The van der Waals surface area contributed by atoms with E-state index in [0.717, 1.165) is 0 Å². The fourth-order valence-corrected chi connectivity index (χ4v) is 8.99. The molecule has 0 aliphatic heterocycles. The van der Waals surface area contributed by atoms with Crippen molar-refractivity contribution in [3.63, 3.8) is 0 Å². The van der Waals surface area contributed by atoms with Crippen LogP contribution in [0.3, 0.4) is 0 Å². The summed E-state index contributed by atoms with van der Waals surface area (Å²) in [6.45, 7) is 4.29. The Bertz CT molecular complexity index is 1850. The molecule has 0 N–H and O–H groups in total. The van der Waals surface area contributed by atoms with Gasteiger partial charge in [0.05, 0.1) is 0 Å². The van der Waals surface area contributed by atoms with Crippen LogP contribution in [0.1, 0.15) is 11.1 Å². The molecule has 0 aliphatic carbocycles. The molecule has 0 saturated carbocycles. The van der Waals surface area contributed by atoms with E-state index in [2.05, 4.69) is 135 Å². The van der Waals surface area contributed by atoms with Crippen molar-refractivity contribution in [2.45, 2.75) is 13.8 Å². The van der Waals surface area contributed by atoms with Crippen LogP contribution in [0, 0.1) is 13.8 Å². The van der Waals surface area contributed by atoms with Gasteiger partial charge in [-0.05, 0) is 97.8 Å². The molecule has 2 aromatic carbocycles. The molecule has 0 aliphatic rings. The molecule has 4 heteroatoms. The number of hydrogen-bond donors (Lipinski definition) is 0. The lowest BCUT2D eigenvalue weighted by atomic mass is 10.1. The molecule has 0 radical (unpaired) electrons. The number of fused-ring (bicyclic) bond motifs is 8. The number of benzene rings is 2. The molecular weight excluding hydrogens is 561 g/mol. The lowest BCUT2D eigenvalue weighted by molar-refractivity contribution is 1.48. The molecule has 0 saturated heterocycles. The highest BCUT2D eigenvalue weighted by Crippen LogP contribution is 2.38. The van der Waals surface area contributed by atoms with Gasteiger partial charge in [0.15, 0.2) is 0 Å². The van der Waals surface area contributed by atoms with Crippen LogP contribution >= 0.6 is 45.3 Å². The minimum Gasteiger partial charge on any atom is -0.136 e. The Hall–Kier alpha value is -3.54. The van der Waals surface area contributed by atoms with Crippen LogP contribution in [-0.2, 0) is 0 Å². The second kappa shape index (κ2) is 10.8. The molecule has 0 fully saturated rings. The van der Waals surface area contributed by atoms with Gasteiger partial charge in [-0.15, -0.1) is 45.3 Å². The first kappa shape index (κ1) is 25.4. The molecule has 7 rings (SSSR count). The maximum Gasteiger partial charge on any atom is 0.0369 e. The largest absolute Gasteiger partial charge is 0.136 e.